The van der Waals surface area contributed by atoms with Crippen LogP contribution in [0.15, 0.2) is 170 Å². The summed E-state index contributed by atoms with van der Waals surface area (Å²) in [5, 5.41) is 7.40. The molecule has 0 saturated heterocycles. The summed E-state index contributed by atoms with van der Waals surface area (Å²) in [5.41, 5.74) is 9.36. The number of para-hydroxylation sites is 1. The van der Waals surface area contributed by atoms with E-state index in [2.05, 4.69) is 179 Å². The smallest absolute Gasteiger partial charge is 0.236 e. The molecule has 0 saturated carbocycles. The standard InChI is InChI=1S/C43H28N2/c1-3-15-31(16-4-1)43-44-41-39(34-25-23-29-13-7-9-17-32(29)27-34)37-21-11-12-22-38(37)40(42(41)45(43)36-19-5-2-6-20-36)35-26-24-30-14-8-10-18-33(30)28-35/h1-28H/p+1. The number of imidazole rings is 1. The molecule has 2 heteroatoms. The van der Waals surface area contributed by atoms with E-state index in [9.17, 15) is 0 Å². The van der Waals surface area contributed by atoms with Crippen molar-refractivity contribution in [1.29, 1.82) is 0 Å². The van der Waals surface area contributed by atoms with Gasteiger partial charge in [-0.1, -0.05) is 133 Å². The van der Waals surface area contributed by atoms with Crippen molar-refractivity contribution in [2.24, 2.45) is 0 Å². The van der Waals surface area contributed by atoms with E-state index in [1.165, 1.54) is 54.6 Å². The lowest BCUT2D eigenvalue weighted by atomic mass is 9.89. The van der Waals surface area contributed by atoms with Crippen LogP contribution in [0.2, 0.25) is 0 Å². The first-order valence-corrected chi connectivity index (χ1v) is 15.5. The first kappa shape index (κ1) is 25.5. The Labute approximate surface area is 261 Å². The lowest BCUT2D eigenvalue weighted by molar-refractivity contribution is -0.554. The van der Waals surface area contributed by atoms with Crippen LogP contribution in [0, 0.1) is 0 Å². The van der Waals surface area contributed by atoms with Crippen molar-refractivity contribution in [3.05, 3.63) is 170 Å². The molecule has 0 atom stereocenters. The molecule has 8 aromatic carbocycles. The highest BCUT2D eigenvalue weighted by atomic mass is 15.1. The van der Waals surface area contributed by atoms with Crippen LogP contribution in [-0.4, -0.2) is 4.98 Å². The third-order valence-corrected chi connectivity index (χ3v) is 9.02. The van der Waals surface area contributed by atoms with Gasteiger partial charge >= 0.3 is 0 Å². The minimum Gasteiger partial charge on any atom is -0.236 e. The van der Waals surface area contributed by atoms with E-state index in [0.29, 0.717) is 0 Å². The number of fused-ring (bicyclic) bond motifs is 4. The summed E-state index contributed by atoms with van der Waals surface area (Å²) in [4.78, 5) is 4.00. The van der Waals surface area contributed by atoms with Crippen LogP contribution < -0.4 is 4.57 Å². The molecule has 0 fully saturated rings. The van der Waals surface area contributed by atoms with E-state index in [4.69, 9.17) is 0 Å². The van der Waals surface area contributed by atoms with Gasteiger partial charge in [-0.3, -0.25) is 0 Å². The third-order valence-electron chi connectivity index (χ3n) is 9.02. The zero-order valence-electron chi connectivity index (χ0n) is 24.6. The molecule has 9 rings (SSSR count). The maximum absolute atomic E-state index is 4.00. The lowest BCUT2D eigenvalue weighted by Crippen LogP contribution is -2.32. The van der Waals surface area contributed by atoms with Gasteiger partial charge in [-0.25, -0.2) is 4.98 Å². The highest BCUT2D eigenvalue weighted by molar-refractivity contribution is 6.19. The monoisotopic (exact) mass is 573 g/mol. The molecule has 0 aliphatic heterocycles. The van der Waals surface area contributed by atoms with Crippen molar-refractivity contribution in [2.45, 2.75) is 0 Å². The average molecular weight is 574 g/mol. The number of aromatic amines is 1. The fourth-order valence-corrected chi connectivity index (χ4v) is 6.97. The van der Waals surface area contributed by atoms with Crippen molar-refractivity contribution in [3.8, 4) is 39.3 Å². The summed E-state index contributed by atoms with van der Waals surface area (Å²) >= 11 is 0. The fourth-order valence-electron chi connectivity index (χ4n) is 6.97. The predicted octanol–water partition coefficient (Wildman–Crippen LogP) is 10.9. The molecule has 0 amide bonds. The Morgan fingerprint density at radius 1 is 0.378 bits per heavy atom. The minimum atomic E-state index is 1.05. The number of nitrogens with one attached hydrogen (secondary N) is 1. The van der Waals surface area contributed by atoms with Gasteiger partial charge < -0.3 is 0 Å². The van der Waals surface area contributed by atoms with Crippen LogP contribution in [-0.2, 0) is 0 Å². The minimum absolute atomic E-state index is 1.05. The topological polar surface area (TPSA) is 19.7 Å². The quantitative estimate of drug-likeness (QED) is 0.202. The van der Waals surface area contributed by atoms with E-state index in [0.717, 1.165) is 28.1 Å². The summed E-state index contributed by atoms with van der Waals surface area (Å²) in [6.07, 6.45) is 0. The zero-order valence-corrected chi connectivity index (χ0v) is 24.6. The Hall–Kier alpha value is -5.99. The van der Waals surface area contributed by atoms with Gasteiger partial charge in [0.1, 0.15) is 5.69 Å². The summed E-state index contributed by atoms with van der Waals surface area (Å²) in [7, 11) is 0. The second-order valence-corrected chi connectivity index (χ2v) is 11.7. The maximum atomic E-state index is 4.00. The van der Waals surface area contributed by atoms with Crippen LogP contribution >= 0.6 is 0 Å². The molecule has 210 valence electrons. The number of H-pyrrole nitrogens is 1. The predicted molar refractivity (Wildman–Crippen MR) is 189 cm³/mol. The Morgan fingerprint density at radius 3 is 1.49 bits per heavy atom. The molecule has 0 aliphatic carbocycles. The van der Waals surface area contributed by atoms with Crippen molar-refractivity contribution in [2.75, 3.05) is 0 Å². The Kier molecular flexibility index (Phi) is 5.85. The van der Waals surface area contributed by atoms with Gasteiger partial charge in [-0.15, -0.1) is 0 Å². The fraction of sp³-hybridized carbons (Fsp3) is 0. The molecule has 0 unspecified atom stereocenters. The summed E-state index contributed by atoms with van der Waals surface area (Å²) < 4.78 is 2.42. The molecule has 9 aromatic rings. The zero-order chi connectivity index (χ0) is 29.7. The van der Waals surface area contributed by atoms with Crippen LogP contribution in [0.3, 0.4) is 0 Å². The molecule has 0 spiro atoms. The van der Waals surface area contributed by atoms with Crippen LogP contribution in [0.4, 0.5) is 0 Å². The number of benzene rings is 8. The molecule has 2 nitrogen and oxygen atoms in total. The number of rotatable bonds is 4. The Bertz CT molecular complexity index is 2530. The number of hydrogen-bond donors (Lipinski definition) is 1. The molecule has 1 heterocycles. The molecule has 1 aromatic heterocycles. The molecule has 0 radical (unpaired) electrons. The first-order chi connectivity index (χ1) is 22.3. The van der Waals surface area contributed by atoms with Crippen molar-refractivity contribution >= 4 is 43.4 Å². The summed E-state index contributed by atoms with van der Waals surface area (Å²) in [5.74, 6) is 1.05. The van der Waals surface area contributed by atoms with E-state index in [1.807, 2.05) is 0 Å². The lowest BCUT2D eigenvalue weighted by Gasteiger charge is -2.14. The first-order valence-electron chi connectivity index (χ1n) is 15.5. The SMILES string of the molecule is c1ccc(-c2[nH]c3c(-c4ccc5ccccc5c4)c4ccccc4c(-c4ccc5ccccc5c4)c3[n+]2-c2ccccc2)cc1. The summed E-state index contributed by atoms with van der Waals surface area (Å²) in [6, 6.07) is 61.3. The van der Waals surface area contributed by atoms with E-state index < -0.39 is 0 Å². The molecular formula is C43H29N2+. The van der Waals surface area contributed by atoms with Gasteiger partial charge in [0, 0.05) is 11.1 Å². The van der Waals surface area contributed by atoms with Gasteiger partial charge in [0.25, 0.3) is 5.82 Å². The number of nitrogens with zero attached hydrogens (tertiary/aromatic N) is 1. The maximum Gasteiger partial charge on any atom is 0.292 e. The van der Waals surface area contributed by atoms with Gasteiger partial charge in [0.2, 0.25) is 0 Å². The Morgan fingerprint density at radius 2 is 0.867 bits per heavy atom. The van der Waals surface area contributed by atoms with Gasteiger partial charge in [-0.2, -0.15) is 4.57 Å². The van der Waals surface area contributed by atoms with Gasteiger partial charge in [0.05, 0.1) is 5.56 Å². The van der Waals surface area contributed by atoms with Crippen molar-refractivity contribution in [3.63, 3.8) is 0 Å². The Balaban J connectivity index is 1.51. The van der Waals surface area contributed by atoms with Gasteiger partial charge in [-0.05, 0) is 79.8 Å². The largest absolute Gasteiger partial charge is 0.292 e. The van der Waals surface area contributed by atoms with E-state index in [1.54, 1.807) is 0 Å². The normalized spacial score (nSPS) is 11.6. The third kappa shape index (κ3) is 4.15. The number of aromatic nitrogens is 2. The molecular weight excluding hydrogens is 544 g/mol. The second-order valence-electron chi connectivity index (χ2n) is 11.7. The average Bonchev–Trinajstić information content (AvgIpc) is 3.51. The van der Waals surface area contributed by atoms with Crippen LogP contribution in [0.25, 0.3) is 82.7 Å². The molecule has 0 aliphatic rings. The van der Waals surface area contributed by atoms with Gasteiger partial charge in [0.15, 0.2) is 11.0 Å². The highest BCUT2D eigenvalue weighted by Gasteiger charge is 2.30. The summed E-state index contributed by atoms with van der Waals surface area (Å²) in [6.45, 7) is 0. The molecule has 45 heavy (non-hydrogen) atoms. The van der Waals surface area contributed by atoms with Crippen molar-refractivity contribution < 1.29 is 4.57 Å². The van der Waals surface area contributed by atoms with Crippen molar-refractivity contribution in [1.82, 2.24) is 4.98 Å². The highest BCUT2D eigenvalue weighted by Crippen LogP contribution is 2.44. The van der Waals surface area contributed by atoms with Crippen LogP contribution in [0.5, 0.6) is 0 Å². The van der Waals surface area contributed by atoms with E-state index in [-0.39, 0.29) is 0 Å². The van der Waals surface area contributed by atoms with E-state index >= 15 is 0 Å². The molecule has 0 bridgehead atoms. The number of hydrogen-bond acceptors (Lipinski definition) is 0. The molecule has 1 N–H and O–H groups in total. The van der Waals surface area contributed by atoms with Crippen LogP contribution in [0.1, 0.15) is 0 Å². The second kappa shape index (κ2) is 10.3.